The van der Waals surface area contributed by atoms with Crippen LogP contribution >= 0.6 is 0 Å². The topological polar surface area (TPSA) is 66.2 Å². The third-order valence-electron chi connectivity index (χ3n) is 1.39. The van der Waals surface area contributed by atoms with Gasteiger partial charge in [-0.3, -0.25) is 0 Å². The summed E-state index contributed by atoms with van der Waals surface area (Å²) >= 11 is 0. The standard InChI is InChI=1S/C7H10N2O2/c10-4-2-7(11)6-1-3-8-9-5-6/h1,3,5,7,10-11H,2,4H2. The summed E-state index contributed by atoms with van der Waals surface area (Å²) in [7, 11) is 0. The fourth-order valence-corrected chi connectivity index (χ4v) is 0.787. The van der Waals surface area contributed by atoms with Crippen molar-refractivity contribution in [2.24, 2.45) is 0 Å². The van der Waals surface area contributed by atoms with Crippen LogP contribution in [0.1, 0.15) is 18.1 Å². The predicted molar refractivity (Wildman–Crippen MR) is 38.7 cm³/mol. The van der Waals surface area contributed by atoms with Gasteiger partial charge < -0.3 is 10.2 Å². The van der Waals surface area contributed by atoms with Crippen molar-refractivity contribution in [1.82, 2.24) is 10.2 Å². The zero-order valence-electron chi connectivity index (χ0n) is 6.01. The number of nitrogens with zero attached hydrogens (tertiary/aromatic N) is 2. The third-order valence-corrected chi connectivity index (χ3v) is 1.39. The van der Waals surface area contributed by atoms with Crippen LogP contribution in [0.3, 0.4) is 0 Å². The summed E-state index contributed by atoms with van der Waals surface area (Å²) in [5.41, 5.74) is 0.689. The first-order valence-electron chi connectivity index (χ1n) is 3.40. The summed E-state index contributed by atoms with van der Waals surface area (Å²) in [6.45, 7) is -0.0243. The Morgan fingerprint density at radius 1 is 1.45 bits per heavy atom. The van der Waals surface area contributed by atoms with Crippen molar-refractivity contribution in [1.29, 1.82) is 0 Å². The summed E-state index contributed by atoms with van der Waals surface area (Å²) in [6.07, 6.45) is 2.71. The number of hydrogen-bond donors (Lipinski definition) is 2. The smallest absolute Gasteiger partial charge is 0.0828 e. The molecule has 4 nitrogen and oxygen atoms in total. The molecule has 1 rings (SSSR count). The van der Waals surface area contributed by atoms with Crippen LogP contribution in [0.5, 0.6) is 0 Å². The fourth-order valence-electron chi connectivity index (χ4n) is 0.787. The maximum absolute atomic E-state index is 9.29. The van der Waals surface area contributed by atoms with Gasteiger partial charge in [0.1, 0.15) is 0 Å². The van der Waals surface area contributed by atoms with E-state index in [9.17, 15) is 5.11 Å². The van der Waals surface area contributed by atoms with Crippen molar-refractivity contribution in [2.45, 2.75) is 12.5 Å². The van der Waals surface area contributed by atoms with Crippen molar-refractivity contribution >= 4 is 0 Å². The molecule has 1 unspecified atom stereocenters. The number of aromatic nitrogens is 2. The zero-order valence-corrected chi connectivity index (χ0v) is 6.01. The molecule has 1 atom stereocenters. The summed E-state index contributed by atoms with van der Waals surface area (Å²) in [6, 6.07) is 1.67. The summed E-state index contributed by atoms with van der Waals surface area (Å²) < 4.78 is 0. The lowest BCUT2D eigenvalue weighted by atomic mass is 10.1. The van der Waals surface area contributed by atoms with Crippen LogP contribution in [-0.2, 0) is 0 Å². The average Bonchev–Trinajstić information content (AvgIpc) is 2.07. The highest BCUT2D eigenvalue weighted by molar-refractivity contribution is 5.08. The Balaban J connectivity index is 2.61. The Bertz CT molecular complexity index is 203. The van der Waals surface area contributed by atoms with Crippen LogP contribution in [0.4, 0.5) is 0 Å². The molecule has 0 amide bonds. The molecule has 0 fully saturated rings. The Labute approximate surface area is 64.5 Å². The van der Waals surface area contributed by atoms with E-state index in [1.165, 1.54) is 12.4 Å². The molecular formula is C7H10N2O2. The van der Waals surface area contributed by atoms with Crippen LogP contribution in [0, 0.1) is 0 Å². The van der Waals surface area contributed by atoms with E-state index >= 15 is 0 Å². The lowest BCUT2D eigenvalue weighted by Gasteiger charge is -2.06. The Hall–Kier alpha value is -1.00. The molecule has 0 aliphatic carbocycles. The molecule has 4 heteroatoms. The molecule has 0 radical (unpaired) electrons. The maximum atomic E-state index is 9.29. The van der Waals surface area contributed by atoms with Gasteiger partial charge in [0.05, 0.1) is 12.3 Å². The number of hydrogen-bond acceptors (Lipinski definition) is 4. The van der Waals surface area contributed by atoms with Gasteiger partial charge in [0.15, 0.2) is 0 Å². The lowest BCUT2D eigenvalue weighted by molar-refractivity contribution is 0.134. The normalized spacial score (nSPS) is 12.9. The molecule has 1 aromatic rings. The molecule has 0 aliphatic rings. The second kappa shape index (κ2) is 4.00. The van der Waals surface area contributed by atoms with E-state index in [1.807, 2.05) is 0 Å². The van der Waals surface area contributed by atoms with Gasteiger partial charge in [-0.2, -0.15) is 10.2 Å². The van der Waals surface area contributed by atoms with Gasteiger partial charge in [0, 0.05) is 24.8 Å². The van der Waals surface area contributed by atoms with Crippen LogP contribution in [0.15, 0.2) is 18.5 Å². The monoisotopic (exact) mass is 154 g/mol. The van der Waals surface area contributed by atoms with E-state index in [4.69, 9.17) is 5.11 Å². The number of rotatable bonds is 3. The van der Waals surface area contributed by atoms with Crippen molar-refractivity contribution in [3.05, 3.63) is 24.0 Å². The van der Waals surface area contributed by atoms with Crippen LogP contribution in [0.25, 0.3) is 0 Å². The van der Waals surface area contributed by atoms with Gasteiger partial charge in [-0.15, -0.1) is 0 Å². The van der Waals surface area contributed by atoms with E-state index in [0.29, 0.717) is 12.0 Å². The quantitative estimate of drug-likeness (QED) is 0.637. The molecule has 0 aliphatic heterocycles. The van der Waals surface area contributed by atoms with Gasteiger partial charge in [-0.25, -0.2) is 0 Å². The highest BCUT2D eigenvalue weighted by Gasteiger charge is 2.05. The van der Waals surface area contributed by atoms with Crippen LogP contribution < -0.4 is 0 Å². The lowest BCUT2D eigenvalue weighted by Crippen LogP contribution is -2.00. The van der Waals surface area contributed by atoms with Crippen molar-refractivity contribution in [2.75, 3.05) is 6.61 Å². The molecule has 0 spiro atoms. The van der Waals surface area contributed by atoms with Gasteiger partial charge in [-0.1, -0.05) is 0 Å². The molecule has 2 N–H and O–H groups in total. The minimum absolute atomic E-state index is 0.0243. The molecule has 0 saturated heterocycles. The van der Waals surface area contributed by atoms with E-state index < -0.39 is 6.10 Å². The summed E-state index contributed by atoms with van der Waals surface area (Å²) in [4.78, 5) is 0. The molecule has 11 heavy (non-hydrogen) atoms. The largest absolute Gasteiger partial charge is 0.396 e. The van der Waals surface area contributed by atoms with Gasteiger partial charge >= 0.3 is 0 Å². The van der Waals surface area contributed by atoms with Crippen LogP contribution in [-0.4, -0.2) is 27.0 Å². The van der Waals surface area contributed by atoms with Crippen molar-refractivity contribution < 1.29 is 10.2 Å². The maximum Gasteiger partial charge on any atom is 0.0828 e. The first-order chi connectivity index (χ1) is 5.34. The molecule has 0 bridgehead atoms. The molecule has 60 valence electrons. The zero-order chi connectivity index (χ0) is 8.10. The van der Waals surface area contributed by atoms with Crippen molar-refractivity contribution in [3.8, 4) is 0 Å². The minimum atomic E-state index is -0.629. The fraction of sp³-hybridized carbons (Fsp3) is 0.429. The second-order valence-electron chi connectivity index (χ2n) is 2.20. The number of aliphatic hydroxyl groups excluding tert-OH is 2. The van der Waals surface area contributed by atoms with Crippen molar-refractivity contribution in [3.63, 3.8) is 0 Å². The first kappa shape index (κ1) is 8.10. The molecule has 1 aromatic heterocycles. The van der Waals surface area contributed by atoms with Gasteiger partial charge in [0.2, 0.25) is 0 Å². The predicted octanol–water partition coefficient (Wildman–Crippen LogP) is -0.108. The highest BCUT2D eigenvalue weighted by Crippen LogP contribution is 2.12. The Morgan fingerprint density at radius 2 is 2.27 bits per heavy atom. The second-order valence-corrected chi connectivity index (χ2v) is 2.20. The molecule has 1 heterocycles. The van der Waals surface area contributed by atoms with Crippen LogP contribution in [0.2, 0.25) is 0 Å². The van der Waals surface area contributed by atoms with E-state index in [1.54, 1.807) is 6.07 Å². The molecule has 0 aromatic carbocycles. The van der Waals surface area contributed by atoms with Gasteiger partial charge in [0.25, 0.3) is 0 Å². The minimum Gasteiger partial charge on any atom is -0.396 e. The highest BCUT2D eigenvalue weighted by atomic mass is 16.3. The van der Waals surface area contributed by atoms with E-state index in [-0.39, 0.29) is 6.61 Å². The summed E-state index contributed by atoms with van der Waals surface area (Å²) in [5, 5.41) is 25.0. The number of aliphatic hydroxyl groups is 2. The average molecular weight is 154 g/mol. The SMILES string of the molecule is OCCC(O)c1ccnnc1. The van der Waals surface area contributed by atoms with Gasteiger partial charge in [-0.05, 0) is 6.07 Å². The Morgan fingerprint density at radius 3 is 2.82 bits per heavy atom. The van der Waals surface area contributed by atoms with E-state index in [0.717, 1.165) is 0 Å². The molecular weight excluding hydrogens is 144 g/mol. The van der Waals surface area contributed by atoms with E-state index in [2.05, 4.69) is 10.2 Å². The first-order valence-corrected chi connectivity index (χ1v) is 3.40. The summed E-state index contributed by atoms with van der Waals surface area (Å²) in [5.74, 6) is 0. The molecule has 0 saturated carbocycles. The Kier molecular flexibility index (Phi) is 2.95. The third kappa shape index (κ3) is 2.25.